The van der Waals surface area contributed by atoms with E-state index in [1.54, 1.807) is 11.1 Å². The Hall–Kier alpha value is -4.44. The fourth-order valence-corrected chi connectivity index (χ4v) is 8.65. The van der Waals surface area contributed by atoms with Gasteiger partial charge in [-0.15, -0.1) is 0 Å². The Morgan fingerprint density at radius 2 is 1.02 bits per heavy atom. The van der Waals surface area contributed by atoms with Crippen LogP contribution in [0.5, 0.6) is 0 Å². The van der Waals surface area contributed by atoms with Crippen LogP contribution in [0.1, 0.15) is 47.9 Å². The topological polar surface area (TPSA) is 9.72 Å². The Balaban J connectivity index is 1.39. The summed E-state index contributed by atoms with van der Waals surface area (Å²) in [7, 11) is 0. The number of anilines is 7. The number of aryl methyl sites for hydroxylation is 2. The lowest BCUT2D eigenvalue weighted by atomic mass is 9.33. The zero-order chi connectivity index (χ0) is 29.4. The molecule has 216 valence electrons. The molecule has 0 N–H and O–H groups in total. The zero-order valence-electron chi connectivity index (χ0n) is 25.8. The number of hydrogen-bond acceptors (Lipinski definition) is 3. The molecule has 9 rings (SSSR count). The molecule has 0 spiro atoms. The molecule has 0 unspecified atom stereocenters. The SMILES string of the molecule is Cc1ccc2c3c1CCCCN3c1cc(N(c3ccccc3)c3ccccc3)cc3c1B2c1ccc(C)c2c1N3CCCC2. The maximum atomic E-state index is 2.72. The van der Waals surface area contributed by atoms with E-state index < -0.39 is 0 Å². The summed E-state index contributed by atoms with van der Waals surface area (Å²) in [4.78, 5) is 7.89. The van der Waals surface area contributed by atoms with E-state index in [0.29, 0.717) is 0 Å². The molecule has 5 aromatic carbocycles. The van der Waals surface area contributed by atoms with E-state index >= 15 is 0 Å². The fourth-order valence-electron chi connectivity index (χ4n) is 8.65. The molecule has 4 aliphatic rings. The van der Waals surface area contributed by atoms with Gasteiger partial charge in [-0.25, -0.2) is 0 Å². The van der Waals surface area contributed by atoms with Crippen molar-refractivity contribution in [3.63, 3.8) is 0 Å². The second kappa shape index (κ2) is 10.1. The Kier molecular flexibility index (Phi) is 5.94. The van der Waals surface area contributed by atoms with Gasteiger partial charge < -0.3 is 14.7 Å². The maximum absolute atomic E-state index is 2.72. The Morgan fingerprint density at radius 3 is 1.50 bits per heavy atom. The first-order chi connectivity index (χ1) is 21.7. The van der Waals surface area contributed by atoms with Crippen LogP contribution in [0.3, 0.4) is 0 Å². The van der Waals surface area contributed by atoms with E-state index in [4.69, 9.17) is 0 Å². The Bertz CT molecular complexity index is 1780. The molecule has 5 aromatic rings. The van der Waals surface area contributed by atoms with Gasteiger partial charge in [-0.3, -0.25) is 0 Å². The van der Waals surface area contributed by atoms with Crippen molar-refractivity contribution >= 4 is 62.9 Å². The maximum Gasteiger partial charge on any atom is 0.252 e. The van der Waals surface area contributed by atoms with Crippen LogP contribution in [0.25, 0.3) is 0 Å². The molecule has 4 aliphatic heterocycles. The standard InChI is InChI=1S/C40H38BN3/c1-27-19-21-34-39-32(27)17-9-11-23-42(39)36-25-31(44(29-13-5-3-6-14-29)30-15-7-4-8-16-30)26-37-38(36)41(34)35-22-20-28(2)33-18-10-12-24-43(37)40(33)35/h3-8,13-16,19-22,25-26H,9-12,17-18,23-24H2,1-2H3. The van der Waals surface area contributed by atoms with E-state index in [1.807, 2.05) is 0 Å². The van der Waals surface area contributed by atoms with Gasteiger partial charge in [0.05, 0.1) is 5.69 Å². The van der Waals surface area contributed by atoms with Crippen molar-refractivity contribution in [1.29, 1.82) is 0 Å². The van der Waals surface area contributed by atoms with Crippen LogP contribution >= 0.6 is 0 Å². The molecule has 0 bridgehead atoms. The van der Waals surface area contributed by atoms with Gasteiger partial charge in [0.25, 0.3) is 6.71 Å². The van der Waals surface area contributed by atoms with E-state index in [9.17, 15) is 0 Å². The van der Waals surface area contributed by atoms with Crippen LogP contribution < -0.4 is 31.1 Å². The van der Waals surface area contributed by atoms with Crippen molar-refractivity contribution in [3.05, 3.63) is 119 Å². The molecule has 0 atom stereocenters. The van der Waals surface area contributed by atoms with Gasteiger partial charge in [-0.2, -0.15) is 0 Å². The minimum atomic E-state index is 0.253. The molecule has 4 heterocycles. The summed E-state index contributed by atoms with van der Waals surface area (Å²) in [6.45, 7) is 7.03. The summed E-state index contributed by atoms with van der Waals surface area (Å²) < 4.78 is 0. The number of fused-ring (bicyclic) bond motifs is 4. The Morgan fingerprint density at radius 1 is 0.545 bits per heavy atom. The van der Waals surface area contributed by atoms with Gasteiger partial charge in [0.2, 0.25) is 0 Å². The summed E-state index contributed by atoms with van der Waals surface area (Å²) in [6, 6.07) is 36.6. The van der Waals surface area contributed by atoms with Gasteiger partial charge in [0, 0.05) is 47.2 Å². The highest BCUT2D eigenvalue weighted by Gasteiger charge is 2.45. The molecule has 4 heteroatoms. The third kappa shape index (κ3) is 3.76. The van der Waals surface area contributed by atoms with Crippen LogP contribution in [0.2, 0.25) is 0 Å². The van der Waals surface area contributed by atoms with Crippen molar-refractivity contribution in [2.75, 3.05) is 27.8 Å². The minimum absolute atomic E-state index is 0.253. The lowest BCUT2D eigenvalue weighted by Crippen LogP contribution is -2.62. The number of hydrogen-bond donors (Lipinski definition) is 0. The summed E-state index contributed by atoms with van der Waals surface area (Å²) in [5.74, 6) is 0. The van der Waals surface area contributed by atoms with E-state index in [2.05, 4.69) is 126 Å². The molecule has 0 saturated carbocycles. The lowest BCUT2D eigenvalue weighted by Gasteiger charge is -2.45. The summed E-state index contributed by atoms with van der Waals surface area (Å²) in [5.41, 5.74) is 19.9. The average molecular weight is 572 g/mol. The monoisotopic (exact) mass is 571 g/mol. The third-order valence-electron chi connectivity index (χ3n) is 10.7. The van der Waals surface area contributed by atoms with Gasteiger partial charge in [-0.05, 0) is 127 Å². The fraction of sp³-hybridized carbons (Fsp3) is 0.250. The van der Waals surface area contributed by atoms with Gasteiger partial charge in [-0.1, -0.05) is 60.7 Å². The summed E-state index contributed by atoms with van der Waals surface area (Å²) >= 11 is 0. The summed E-state index contributed by atoms with van der Waals surface area (Å²) in [6.07, 6.45) is 7.24. The summed E-state index contributed by atoms with van der Waals surface area (Å²) in [5, 5.41) is 0. The van der Waals surface area contributed by atoms with Crippen LogP contribution in [-0.4, -0.2) is 19.8 Å². The van der Waals surface area contributed by atoms with E-state index in [-0.39, 0.29) is 6.71 Å². The van der Waals surface area contributed by atoms with E-state index in [0.717, 1.165) is 13.1 Å². The van der Waals surface area contributed by atoms with Gasteiger partial charge in [0.15, 0.2) is 0 Å². The van der Waals surface area contributed by atoms with Crippen molar-refractivity contribution in [1.82, 2.24) is 0 Å². The molecular weight excluding hydrogens is 533 g/mol. The van der Waals surface area contributed by atoms with Gasteiger partial charge in [0.1, 0.15) is 0 Å². The molecule has 0 aliphatic carbocycles. The molecule has 3 nitrogen and oxygen atoms in total. The highest BCUT2D eigenvalue weighted by molar-refractivity contribution is 7.00. The zero-order valence-corrected chi connectivity index (χ0v) is 25.8. The molecule has 0 fully saturated rings. The predicted octanol–water partition coefficient (Wildman–Crippen LogP) is 7.87. The average Bonchev–Trinajstić information content (AvgIpc) is 3.43. The van der Waals surface area contributed by atoms with Crippen molar-refractivity contribution in [2.45, 2.75) is 52.4 Å². The highest BCUT2D eigenvalue weighted by Crippen LogP contribution is 2.47. The number of rotatable bonds is 3. The van der Waals surface area contributed by atoms with Crippen LogP contribution in [0.15, 0.2) is 97.1 Å². The number of para-hydroxylation sites is 2. The molecular formula is C40H38BN3. The number of benzene rings is 5. The van der Waals surface area contributed by atoms with Crippen LogP contribution in [0, 0.1) is 13.8 Å². The molecule has 0 aromatic heterocycles. The smallest absolute Gasteiger partial charge is 0.252 e. The third-order valence-corrected chi connectivity index (χ3v) is 10.7. The predicted molar refractivity (Wildman–Crippen MR) is 188 cm³/mol. The quantitative estimate of drug-likeness (QED) is 0.204. The van der Waals surface area contributed by atoms with Crippen LogP contribution in [-0.2, 0) is 12.8 Å². The normalized spacial score (nSPS) is 16.0. The van der Waals surface area contributed by atoms with Crippen LogP contribution in [0.4, 0.5) is 39.8 Å². The largest absolute Gasteiger partial charge is 0.342 e. The lowest BCUT2D eigenvalue weighted by molar-refractivity contribution is 0.758. The second-order valence-corrected chi connectivity index (χ2v) is 13.2. The van der Waals surface area contributed by atoms with Crippen molar-refractivity contribution < 1.29 is 0 Å². The first kappa shape index (κ1) is 26.0. The molecule has 0 amide bonds. The first-order valence-electron chi connectivity index (χ1n) is 16.6. The second-order valence-electron chi connectivity index (χ2n) is 13.2. The van der Waals surface area contributed by atoms with E-state index in [1.165, 1.54) is 106 Å². The molecule has 0 saturated heterocycles. The Labute approximate surface area is 261 Å². The number of nitrogens with zero attached hydrogens (tertiary/aromatic N) is 3. The molecule has 0 radical (unpaired) electrons. The van der Waals surface area contributed by atoms with Crippen molar-refractivity contribution in [3.8, 4) is 0 Å². The first-order valence-corrected chi connectivity index (χ1v) is 16.6. The van der Waals surface area contributed by atoms with Gasteiger partial charge >= 0.3 is 0 Å². The molecule has 44 heavy (non-hydrogen) atoms. The minimum Gasteiger partial charge on any atom is -0.342 e. The highest BCUT2D eigenvalue weighted by atomic mass is 15.2. The van der Waals surface area contributed by atoms with Crippen molar-refractivity contribution in [2.24, 2.45) is 0 Å².